The summed E-state index contributed by atoms with van der Waals surface area (Å²) in [7, 11) is 2.14. The molecule has 2 fully saturated rings. The van der Waals surface area contributed by atoms with E-state index in [0.717, 1.165) is 6.61 Å². The molecule has 2 saturated heterocycles. The number of nitrogens with zero attached hydrogens (tertiary/aromatic N) is 1. The number of hydrogen-bond donors (Lipinski definition) is 1. The van der Waals surface area contributed by atoms with Gasteiger partial charge in [-0.1, -0.05) is 6.92 Å². The number of hydrogen-bond acceptors (Lipinski definition) is 3. The quantitative estimate of drug-likeness (QED) is 0.740. The Kier molecular flexibility index (Phi) is 6.31. The molecule has 0 radical (unpaired) electrons. The van der Waals surface area contributed by atoms with Gasteiger partial charge in [0.2, 0.25) is 0 Å². The third-order valence-electron chi connectivity index (χ3n) is 5.69. The standard InChI is InChI=1S/C17H34N2O/c1-4-17(2,19-12-5-6-13-19)16(18-3)11-7-9-15-10-8-14-20-15/h15-16,18H,4-14H2,1-3H3. The van der Waals surface area contributed by atoms with Gasteiger partial charge in [0.1, 0.15) is 0 Å². The molecule has 0 aromatic carbocycles. The number of rotatable bonds is 8. The maximum atomic E-state index is 5.75. The van der Waals surface area contributed by atoms with Gasteiger partial charge < -0.3 is 10.1 Å². The van der Waals surface area contributed by atoms with Crippen LogP contribution in [0, 0.1) is 0 Å². The summed E-state index contributed by atoms with van der Waals surface area (Å²) in [5.74, 6) is 0. The zero-order chi connectivity index (χ0) is 14.4. The fourth-order valence-electron chi connectivity index (χ4n) is 4.11. The lowest BCUT2D eigenvalue weighted by atomic mass is 9.84. The maximum Gasteiger partial charge on any atom is 0.0576 e. The zero-order valence-corrected chi connectivity index (χ0v) is 13.8. The van der Waals surface area contributed by atoms with E-state index in [-0.39, 0.29) is 0 Å². The van der Waals surface area contributed by atoms with Gasteiger partial charge in [-0.05, 0) is 78.4 Å². The van der Waals surface area contributed by atoms with Crippen LogP contribution in [-0.4, -0.2) is 49.3 Å². The minimum absolute atomic E-state index is 0.321. The summed E-state index contributed by atoms with van der Waals surface area (Å²) >= 11 is 0. The average Bonchev–Trinajstić information content (AvgIpc) is 3.15. The fourth-order valence-corrected chi connectivity index (χ4v) is 4.11. The number of likely N-dealkylation sites (tertiary alicyclic amines) is 1. The van der Waals surface area contributed by atoms with E-state index >= 15 is 0 Å². The molecule has 3 nitrogen and oxygen atoms in total. The van der Waals surface area contributed by atoms with E-state index in [2.05, 4.69) is 31.1 Å². The van der Waals surface area contributed by atoms with Crippen molar-refractivity contribution >= 4 is 0 Å². The highest BCUT2D eigenvalue weighted by Crippen LogP contribution is 2.30. The highest BCUT2D eigenvalue weighted by Gasteiger charge is 2.38. The molecular formula is C17H34N2O. The highest BCUT2D eigenvalue weighted by atomic mass is 16.5. The van der Waals surface area contributed by atoms with Crippen molar-refractivity contribution in [1.82, 2.24) is 10.2 Å². The first-order valence-corrected chi connectivity index (χ1v) is 8.74. The highest BCUT2D eigenvalue weighted by molar-refractivity contribution is 4.97. The molecule has 118 valence electrons. The SMILES string of the molecule is CCC(C)(C(CCCC1CCCO1)NC)N1CCCC1. The molecule has 0 bridgehead atoms. The second kappa shape index (κ2) is 7.77. The molecule has 0 aliphatic carbocycles. The van der Waals surface area contributed by atoms with Crippen LogP contribution in [0.1, 0.15) is 65.2 Å². The summed E-state index contributed by atoms with van der Waals surface area (Å²) in [6.45, 7) is 8.37. The summed E-state index contributed by atoms with van der Waals surface area (Å²) in [6, 6.07) is 0.604. The summed E-state index contributed by atoms with van der Waals surface area (Å²) in [6.07, 6.45) is 10.9. The molecule has 2 aliphatic heterocycles. The predicted molar refractivity (Wildman–Crippen MR) is 85.2 cm³/mol. The van der Waals surface area contributed by atoms with Crippen molar-refractivity contribution in [3.8, 4) is 0 Å². The molecule has 1 N–H and O–H groups in total. The third-order valence-corrected chi connectivity index (χ3v) is 5.69. The Morgan fingerprint density at radius 3 is 2.60 bits per heavy atom. The van der Waals surface area contributed by atoms with Crippen molar-refractivity contribution in [2.24, 2.45) is 0 Å². The van der Waals surface area contributed by atoms with Crippen molar-refractivity contribution in [2.45, 2.75) is 82.9 Å². The second-order valence-electron chi connectivity index (χ2n) is 6.81. The Morgan fingerprint density at radius 1 is 1.30 bits per heavy atom. The lowest BCUT2D eigenvalue weighted by molar-refractivity contribution is 0.0743. The first kappa shape index (κ1) is 16.3. The minimum atomic E-state index is 0.321. The van der Waals surface area contributed by atoms with Gasteiger partial charge in [0.25, 0.3) is 0 Å². The van der Waals surface area contributed by atoms with Gasteiger partial charge in [-0.25, -0.2) is 0 Å². The third kappa shape index (κ3) is 3.75. The van der Waals surface area contributed by atoms with Crippen molar-refractivity contribution in [3.63, 3.8) is 0 Å². The van der Waals surface area contributed by atoms with Crippen molar-refractivity contribution in [3.05, 3.63) is 0 Å². The summed E-state index contributed by atoms with van der Waals surface area (Å²) in [5.41, 5.74) is 0.321. The van der Waals surface area contributed by atoms with Crippen molar-refractivity contribution in [1.29, 1.82) is 0 Å². The zero-order valence-electron chi connectivity index (χ0n) is 13.8. The van der Waals surface area contributed by atoms with Crippen LogP contribution in [0.4, 0.5) is 0 Å². The molecule has 0 saturated carbocycles. The van der Waals surface area contributed by atoms with E-state index in [1.165, 1.54) is 64.5 Å². The molecule has 3 heteroatoms. The Labute approximate surface area is 125 Å². The van der Waals surface area contributed by atoms with E-state index in [1.807, 2.05) is 0 Å². The molecule has 0 spiro atoms. The lowest BCUT2D eigenvalue weighted by Crippen LogP contribution is -2.57. The Bertz CT molecular complexity index is 272. The number of ether oxygens (including phenoxy) is 1. The molecule has 3 unspecified atom stereocenters. The van der Waals surface area contributed by atoms with Gasteiger partial charge in [0.15, 0.2) is 0 Å². The largest absolute Gasteiger partial charge is 0.378 e. The number of likely N-dealkylation sites (N-methyl/N-ethyl adjacent to an activating group) is 1. The Morgan fingerprint density at radius 2 is 2.05 bits per heavy atom. The van der Waals surface area contributed by atoms with E-state index in [0.29, 0.717) is 17.7 Å². The maximum absolute atomic E-state index is 5.75. The molecular weight excluding hydrogens is 248 g/mol. The predicted octanol–water partition coefficient (Wildman–Crippen LogP) is 3.19. The molecule has 2 heterocycles. The summed E-state index contributed by atoms with van der Waals surface area (Å²) in [4.78, 5) is 2.72. The molecule has 20 heavy (non-hydrogen) atoms. The van der Waals surface area contributed by atoms with Gasteiger partial charge in [-0.15, -0.1) is 0 Å². The van der Waals surface area contributed by atoms with Gasteiger partial charge in [0, 0.05) is 18.2 Å². The van der Waals surface area contributed by atoms with Crippen molar-refractivity contribution in [2.75, 3.05) is 26.7 Å². The monoisotopic (exact) mass is 282 g/mol. The summed E-state index contributed by atoms with van der Waals surface area (Å²) < 4.78 is 5.75. The average molecular weight is 282 g/mol. The van der Waals surface area contributed by atoms with Crippen LogP contribution in [0.3, 0.4) is 0 Å². The van der Waals surface area contributed by atoms with Crippen LogP contribution in [0.25, 0.3) is 0 Å². The minimum Gasteiger partial charge on any atom is -0.378 e. The topological polar surface area (TPSA) is 24.5 Å². The second-order valence-corrected chi connectivity index (χ2v) is 6.81. The Balaban J connectivity index is 1.83. The molecule has 0 amide bonds. The molecule has 3 atom stereocenters. The van der Waals surface area contributed by atoms with Gasteiger partial charge >= 0.3 is 0 Å². The van der Waals surface area contributed by atoms with Crippen LogP contribution >= 0.6 is 0 Å². The van der Waals surface area contributed by atoms with E-state index in [1.54, 1.807) is 0 Å². The van der Waals surface area contributed by atoms with Crippen LogP contribution in [0.2, 0.25) is 0 Å². The molecule has 2 rings (SSSR count). The molecule has 0 aromatic rings. The molecule has 0 aromatic heterocycles. The van der Waals surface area contributed by atoms with Crippen LogP contribution in [-0.2, 0) is 4.74 Å². The number of nitrogens with one attached hydrogen (secondary N) is 1. The smallest absolute Gasteiger partial charge is 0.0576 e. The lowest BCUT2D eigenvalue weighted by Gasteiger charge is -2.44. The first-order chi connectivity index (χ1) is 9.70. The van der Waals surface area contributed by atoms with Gasteiger partial charge in [0.05, 0.1) is 6.10 Å². The van der Waals surface area contributed by atoms with Crippen LogP contribution < -0.4 is 5.32 Å². The fraction of sp³-hybridized carbons (Fsp3) is 1.00. The van der Waals surface area contributed by atoms with Gasteiger partial charge in [-0.2, -0.15) is 0 Å². The summed E-state index contributed by atoms with van der Waals surface area (Å²) in [5, 5.41) is 3.61. The van der Waals surface area contributed by atoms with E-state index < -0.39 is 0 Å². The van der Waals surface area contributed by atoms with E-state index in [9.17, 15) is 0 Å². The van der Waals surface area contributed by atoms with Crippen molar-refractivity contribution < 1.29 is 4.74 Å². The van der Waals surface area contributed by atoms with E-state index in [4.69, 9.17) is 4.74 Å². The van der Waals surface area contributed by atoms with Gasteiger partial charge in [-0.3, -0.25) is 4.90 Å². The Hall–Kier alpha value is -0.120. The molecule has 2 aliphatic rings. The first-order valence-electron chi connectivity index (χ1n) is 8.74. The normalized spacial score (nSPS) is 28.6. The van der Waals surface area contributed by atoms with Crippen LogP contribution in [0.5, 0.6) is 0 Å². The van der Waals surface area contributed by atoms with Crippen LogP contribution in [0.15, 0.2) is 0 Å².